The summed E-state index contributed by atoms with van der Waals surface area (Å²) in [6, 6.07) is 14.3. The minimum Gasteiger partial charge on any atom is -0.494 e. The summed E-state index contributed by atoms with van der Waals surface area (Å²) < 4.78 is 6.82. The minimum absolute atomic E-state index is 0.226. The van der Waals surface area contributed by atoms with Crippen molar-refractivity contribution in [2.45, 2.75) is 32.6 Å². The first kappa shape index (κ1) is 17.0. The van der Waals surface area contributed by atoms with Crippen molar-refractivity contribution in [2.24, 2.45) is 0 Å². The molecule has 2 aromatic rings. The van der Waals surface area contributed by atoms with Crippen LogP contribution in [0.2, 0.25) is 0 Å². The lowest BCUT2D eigenvalue weighted by Crippen LogP contribution is -2.36. The van der Waals surface area contributed by atoms with Gasteiger partial charge in [-0.1, -0.05) is 33.6 Å². The zero-order chi connectivity index (χ0) is 16.9. The molecule has 3 rings (SSSR count). The number of fused-ring (bicyclic) bond motifs is 1. The highest BCUT2D eigenvalue weighted by atomic mass is 79.9. The van der Waals surface area contributed by atoms with Crippen molar-refractivity contribution >= 4 is 27.5 Å². The fourth-order valence-corrected chi connectivity index (χ4v) is 3.38. The summed E-state index contributed by atoms with van der Waals surface area (Å²) in [5.74, 6) is 1.13. The van der Waals surface area contributed by atoms with Crippen LogP contribution < -0.4 is 9.64 Å². The third-order valence-electron chi connectivity index (χ3n) is 4.31. The third kappa shape index (κ3) is 4.18. The molecule has 0 aliphatic carbocycles. The zero-order valence-corrected chi connectivity index (χ0v) is 15.5. The summed E-state index contributed by atoms with van der Waals surface area (Å²) in [5.41, 5.74) is 3.55. The highest BCUT2D eigenvalue weighted by molar-refractivity contribution is 9.10. The smallest absolute Gasteiger partial charge is 0.227 e. The molecular formula is C20H22BrNO2. The number of hydrogen-bond donors (Lipinski definition) is 0. The number of nitrogens with zero attached hydrogens (tertiary/aromatic N) is 1. The Bertz CT molecular complexity index is 712. The molecule has 1 heterocycles. The van der Waals surface area contributed by atoms with Crippen LogP contribution in [0.15, 0.2) is 46.9 Å². The number of rotatable bonds is 6. The number of ether oxygens (including phenoxy) is 1. The predicted molar refractivity (Wildman–Crippen MR) is 101 cm³/mol. The van der Waals surface area contributed by atoms with Crippen molar-refractivity contribution in [2.75, 3.05) is 18.1 Å². The first-order chi connectivity index (χ1) is 11.6. The number of halogens is 1. The maximum absolute atomic E-state index is 12.2. The molecule has 0 saturated carbocycles. The van der Waals surface area contributed by atoms with Gasteiger partial charge in [-0.2, -0.15) is 0 Å². The number of unbranched alkanes of at least 4 members (excludes halogenated alkanes) is 1. The highest BCUT2D eigenvalue weighted by Gasteiger charge is 2.23. The Morgan fingerprint density at radius 1 is 1.08 bits per heavy atom. The normalized spacial score (nSPS) is 13.8. The van der Waals surface area contributed by atoms with Crippen LogP contribution in [-0.4, -0.2) is 19.1 Å². The molecule has 24 heavy (non-hydrogen) atoms. The van der Waals surface area contributed by atoms with Crippen molar-refractivity contribution in [3.8, 4) is 5.75 Å². The summed E-state index contributed by atoms with van der Waals surface area (Å²) in [5, 5.41) is 0. The molecular weight excluding hydrogens is 366 g/mol. The second-order valence-electron chi connectivity index (χ2n) is 6.19. The Morgan fingerprint density at radius 2 is 1.88 bits per heavy atom. The molecule has 0 radical (unpaired) electrons. The van der Waals surface area contributed by atoms with Crippen LogP contribution in [0.1, 0.15) is 30.4 Å². The van der Waals surface area contributed by atoms with E-state index in [4.69, 9.17) is 4.74 Å². The molecule has 0 aromatic heterocycles. The summed E-state index contributed by atoms with van der Waals surface area (Å²) in [6.07, 6.45) is 3.31. The van der Waals surface area contributed by atoms with Crippen LogP contribution in [0.3, 0.4) is 0 Å². The van der Waals surface area contributed by atoms with E-state index in [0.29, 0.717) is 13.0 Å². The van der Waals surface area contributed by atoms with Gasteiger partial charge in [-0.05, 0) is 62.1 Å². The largest absolute Gasteiger partial charge is 0.494 e. The Kier molecular flexibility index (Phi) is 5.56. The molecule has 0 fully saturated rings. The van der Waals surface area contributed by atoms with Gasteiger partial charge in [0.15, 0.2) is 0 Å². The SMILES string of the molecule is Cc1ccc(OCCCCN2C(=O)CCc3cc(Br)ccc32)cc1. The van der Waals surface area contributed by atoms with E-state index in [9.17, 15) is 4.79 Å². The van der Waals surface area contributed by atoms with Gasteiger partial charge in [-0.25, -0.2) is 0 Å². The Balaban J connectivity index is 1.50. The van der Waals surface area contributed by atoms with Gasteiger partial charge in [-0.15, -0.1) is 0 Å². The van der Waals surface area contributed by atoms with Crippen molar-refractivity contribution < 1.29 is 9.53 Å². The van der Waals surface area contributed by atoms with Crippen LogP contribution in [0.4, 0.5) is 5.69 Å². The number of amides is 1. The molecule has 0 N–H and O–H groups in total. The quantitative estimate of drug-likeness (QED) is 0.659. The van der Waals surface area contributed by atoms with E-state index in [1.165, 1.54) is 11.1 Å². The highest BCUT2D eigenvalue weighted by Crippen LogP contribution is 2.30. The maximum atomic E-state index is 12.2. The van der Waals surface area contributed by atoms with Crippen LogP contribution in [-0.2, 0) is 11.2 Å². The van der Waals surface area contributed by atoms with E-state index < -0.39 is 0 Å². The Hall–Kier alpha value is -1.81. The predicted octanol–water partition coefficient (Wildman–Crippen LogP) is 4.90. The van der Waals surface area contributed by atoms with E-state index in [1.807, 2.05) is 29.2 Å². The standard InChI is InChI=1S/C20H22BrNO2/c1-15-4-8-18(9-5-15)24-13-3-2-12-22-19-10-7-17(21)14-16(19)6-11-20(22)23/h4-5,7-10,14H,2-3,6,11-13H2,1H3. The summed E-state index contributed by atoms with van der Waals surface area (Å²) in [6.45, 7) is 3.50. The van der Waals surface area contributed by atoms with Crippen LogP contribution in [0.25, 0.3) is 0 Å². The maximum Gasteiger partial charge on any atom is 0.227 e. The minimum atomic E-state index is 0.226. The molecule has 126 valence electrons. The van der Waals surface area contributed by atoms with Crippen molar-refractivity contribution in [1.82, 2.24) is 0 Å². The van der Waals surface area contributed by atoms with Crippen molar-refractivity contribution in [3.63, 3.8) is 0 Å². The second kappa shape index (κ2) is 7.84. The molecule has 0 saturated heterocycles. The number of carbonyl (C=O) groups is 1. The summed E-state index contributed by atoms with van der Waals surface area (Å²) >= 11 is 3.51. The van der Waals surface area contributed by atoms with E-state index in [1.54, 1.807) is 0 Å². The second-order valence-corrected chi connectivity index (χ2v) is 7.10. The summed E-state index contributed by atoms with van der Waals surface area (Å²) in [7, 11) is 0. The fraction of sp³-hybridized carbons (Fsp3) is 0.350. The molecule has 0 atom stereocenters. The number of carbonyl (C=O) groups excluding carboxylic acids is 1. The number of benzene rings is 2. The zero-order valence-electron chi connectivity index (χ0n) is 13.9. The number of aryl methyl sites for hydroxylation is 2. The van der Waals surface area contributed by atoms with E-state index in [0.717, 1.165) is 41.7 Å². The lowest BCUT2D eigenvalue weighted by Gasteiger charge is -2.29. The molecule has 2 aromatic carbocycles. The van der Waals surface area contributed by atoms with Crippen LogP contribution in [0.5, 0.6) is 5.75 Å². The van der Waals surface area contributed by atoms with Crippen molar-refractivity contribution in [3.05, 3.63) is 58.1 Å². The number of anilines is 1. The third-order valence-corrected chi connectivity index (χ3v) is 4.80. The average Bonchev–Trinajstić information content (AvgIpc) is 2.58. The molecule has 0 bridgehead atoms. The van der Waals surface area contributed by atoms with Gasteiger partial charge in [0.05, 0.1) is 6.61 Å². The van der Waals surface area contributed by atoms with Gasteiger partial charge in [0.1, 0.15) is 5.75 Å². The Labute approximate surface area is 151 Å². The average molecular weight is 388 g/mol. The lowest BCUT2D eigenvalue weighted by atomic mass is 10.0. The topological polar surface area (TPSA) is 29.5 Å². The van der Waals surface area contributed by atoms with Gasteiger partial charge in [0.25, 0.3) is 0 Å². The molecule has 1 aliphatic heterocycles. The lowest BCUT2D eigenvalue weighted by molar-refractivity contribution is -0.118. The molecule has 0 spiro atoms. The van der Waals surface area contributed by atoms with Gasteiger partial charge in [0.2, 0.25) is 5.91 Å². The number of hydrogen-bond acceptors (Lipinski definition) is 2. The van der Waals surface area contributed by atoms with E-state index in [-0.39, 0.29) is 5.91 Å². The van der Waals surface area contributed by atoms with Gasteiger partial charge >= 0.3 is 0 Å². The molecule has 1 amide bonds. The molecule has 1 aliphatic rings. The molecule has 0 unspecified atom stereocenters. The van der Waals surface area contributed by atoms with Gasteiger partial charge in [-0.3, -0.25) is 4.79 Å². The summed E-state index contributed by atoms with van der Waals surface area (Å²) in [4.78, 5) is 14.2. The van der Waals surface area contributed by atoms with E-state index >= 15 is 0 Å². The monoisotopic (exact) mass is 387 g/mol. The van der Waals surface area contributed by atoms with Crippen LogP contribution in [0, 0.1) is 6.92 Å². The first-order valence-corrected chi connectivity index (χ1v) is 9.21. The fourth-order valence-electron chi connectivity index (χ4n) is 2.97. The molecule has 4 heteroatoms. The first-order valence-electron chi connectivity index (χ1n) is 8.42. The van der Waals surface area contributed by atoms with Gasteiger partial charge in [0, 0.05) is 23.1 Å². The van der Waals surface area contributed by atoms with Gasteiger partial charge < -0.3 is 9.64 Å². The Morgan fingerprint density at radius 3 is 2.67 bits per heavy atom. The van der Waals surface area contributed by atoms with Crippen LogP contribution >= 0.6 is 15.9 Å². The molecule has 3 nitrogen and oxygen atoms in total. The van der Waals surface area contributed by atoms with E-state index in [2.05, 4.69) is 41.1 Å². The van der Waals surface area contributed by atoms with Crippen molar-refractivity contribution in [1.29, 1.82) is 0 Å².